The van der Waals surface area contributed by atoms with Gasteiger partial charge < -0.3 is 9.88 Å². The van der Waals surface area contributed by atoms with E-state index in [0.717, 1.165) is 24.8 Å². The first-order valence-electron chi connectivity index (χ1n) is 4.97. The van der Waals surface area contributed by atoms with Gasteiger partial charge in [-0.05, 0) is 30.4 Å². The first kappa shape index (κ1) is 9.98. The van der Waals surface area contributed by atoms with Gasteiger partial charge in [0.1, 0.15) is 12.2 Å². The highest BCUT2D eigenvalue weighted by atomic mass is 32.2. The fourth-order valence-electron chi connectivity index (χ4n) is 1.60. The van der Waals surface area contributed by atoms with Gasteiger partial charge in [-0.25, -0.2) is 0 Å². The van der Waals surface area contributed by atoms with E-state index in [0.29, 0.717) is 0 Å². The Balaban J connectivity index is 1.70. The normalized spacial score (nSPS) is 21.6. The summed E-state index contributed by atoms with van der Waals surface area (Å²) in [5, 5.41) is 11.3. The molecule has 1 atom stereocenters. The highest BCUT2D eigenvalue weighted by molar-refractivity contribution is 7.99. The number of thioether (sulfide) groups is 1. The highest BCUT2D eigenvalue weighted by Gasteiger charge is 2.14. The third kappa shape index (κ3) is 2.48. The third-order valence-electron chi connectivity index (χ3n) is 2.55. The van der Waals surface area contributed by atoms with Gasteiger partial charge in [0.15, 0.2) is 0 Å². The molecule has 78 valence electrons. The number of hydrogen-bond donors (Lipinski definition) is 1. The molecule has 0 radical (unpaired) electrons. The van der Waals surface area contributed by atoms with Crippen LogP contribution in [0.3, 0.4) is 0 Å². The van der Waals surface area contributed by atoms with Crippen LogP contribution in [0.15, 0.2) is 6.33 Å². The molecular formula is C9H16N4S. The van der Waals surface area contributed by atoms with Crippen molar-refractivity contribution < 1.29 is 0 Å². The number of nitrogens with zero attached hydrogens (tertiary/aromatic N) is 3. The maximum atomic E-state index is 4.03. The van der Waals surface area contributed by atoms with Gasteiger partial charge in [-0.3, -0.25) is 0 Å². The summed E-state index contributed by atoms with van der Waals surface area (Å²) in [6, 6.07) is 0. The number of aryl methyl sites for hydroxylation is 1. The van der Waals surface area contributed by atoms with Crippen molar-refractivity contribution in [2.24, 2.45) is 13.0 Å². The minimum absolute atomic E-state index is 0.831. The Morgan fingerprint density at radius 2 is 2.64 bits per heavy atom. The van der Waals surface area contributed by atoms with E-state index >= 15 is 0 Å². The van der Waals surface area contributed by atoms with Crippen LogP contribution < -0.4 is 5.32 Å². The van der Waals surface area contributed by atoms with Crippen LogP contribution in [0.2, 0.25) is 0 Å². The molecule has 2 rings (SSSR count). The second-order valence-electron chi connectivity index (χ2n) is 3.72. The Labute approximate surface area is 88.5 Å². The molecule has 0 spiro atoms. The number of rotatable bonds is 4. The summed E-state index contributed by atoms with van der Waals surface area (Å²) in [4.78, 5) is 0. The molecule has 1 aliphatic rings. The first-order chi connectivity index (χ1) is 6.86. The predicted octanol–water partition coefficient (Wildman–Crippen LogP) is 0.658. The fraction of sp³-hybridized carbons (Fsp3) is 0.778. The molecule has 5 heteroatoms. The molecule has 4 nitrogen and oxygen atoms in total. The quantitative estimate of drug-likeness (QED) is 0.796. The van der Waals surface area contributed by atoms with Gasteiger partial charge >= 0.3 is 0 Å². The first-order valence-corrected chi connectivity index (χ1v) is 6.13. The minimum atomic E-state index is 0.831. The second-order valence-corrected chi connectivity index (χ2v) is 4.87. The molecule has 1 N–H and O–H groups in total. The van der Waals surface area contributed by atoms with Crippen molar-refractivity contribution in [3.05, 3.63) is 12.2 Å². The molecule has 1 saturated heterocycles. The lowest BCUT2D eigenvalue weighted by Gasteiger charge is -2.08. The fourth-order valence-corrected chi connectivity index (χ4v) is 2.88. The van der Waals surface area contributed by atoms with Crippen molar-refractivity contribution in [3.63, 3.8) is 0 Å². The van der Waals surface area contributed by atoms with Gasteiger partial charge in [0.05, 0.1) is 6.54 Å². The molecule has 1 aromatic rings. The average Bonchev–Trinajstić information content (AvgIpc) is 2.78. The van der Waals surface area contributed by atoms with Crippen LogP contribution in [-0.4, -0.2) is 32.8 Å². The molecule has 0 amide bonds. The summed E-state index contributed by atoms with van der Waals surface area (Å²) >= 11 is 2.06. The van der Waals surface area contributed by atoms with Crippen LogP contribution in [0.4, 0.5) is 0 Å². The summed E-state index contributed by atoms with van der Waals surface area (Å²) in [6.45, 7) is 1.94. The number of aromatic nitrogens is 3. The van der Waals surface area contributed by atoms with Crippen molar-refractivity contribution in [1.82, 2.24) is 20.1 Å². The standard InChI is InChI=1S/C9H16N4S/c1-13-7-11-12-9(13)5-10-4-8-2-3-14-6-8/h7-8,10H,2-6H2,1H3. The highest BCUT2D eigenvalue weighted by Crippen LogP contribution is 2.22. The van der Waals surface area contributed by atoms with E-state index in [4.69, 9.17) is 0 Å². The zero-order chi connectivity index (χ0) is 9.80. The molecule has 0 saturated carbocycles. The predicted molar refractivity (Wildman–Crippen MR) is 58.1 cm³/mol. The molecule has 0 bridgehead atoms. The summed E-state index contributed by atoms with van der Waals surface area (Å²) in [7, 11) is 1.97. The summed E-state index contributed by atoms with van der Waals surface area (Å²) in [5.41, 5.74) is 0. The second kappa shape index (κ2) is 4.79. The largest absolute Gasteiger partial charge is 0.320 e. The molecule has 1 unspecified atom stereocenters. The number of hydrogen-bond acceptors (Lipinski definition) is 4. The van der Waals surface area contributed by atoms with Crippen molar-refractivity contribution in [2.75, 3.05) is 18.1 Å². The minimum Gasteiger partial charge on any atom is -0.320 e. The number of nitrogens with one attached hydrogen (secondary N) is 1. The Bertz CT molecular complexity index is 280. The SMILES string of the molecule is Cn1cnnc1CNCC1CCSC1. The maximum absolute atomic E-state index is 4.03. The van der Waals surface area contributed by atoms with Crippen molar-refractivity contribution in [3.8, 4) is 0 Å². The van der Waals surface area contributed by atoms with E-state index in [1.807, 2.05) is 11.6 Å². The van der Waals surface area contributed by atoms with Crippen LogP contribution in [0.1, 0.15) is 12.2 Å². The van der Waals surface area contributed by atoms with Gasteiger partial charge in [-0.2, -0.15) is 11.8 Å². The molecule has 2 heterocycles. The third-order valence-corrected chi connectivity index (χ3v) is 3.78. The molecule has 0 aromatic carbocycles. The molecule has 1 aliphatic heterocycles. The van der Waals surface area contributed by atoms with E-state index in [1.54, 1.807) is 6.33 Å². The summed E-state index contributed by atoms with van der Waals surface area (Å²) in [6.07, 6.45) is 3.10. The molecule has 1 aromatic heterocycles. The average molecular weight is 212 g/mol. The van der Waals surface area contributed by atoms with E-state index in [2.05, 4.69) is 27.3 Å². The van der Waals surface area contributed by atoms with E-state index < -0.39 is 0 Å². The Kier molecular flexibility index (Phi) is 3.42. The van der Waals surface area contributed by atoms with Crippen molar-refractivity contribution >= 4 is 11.8 Å². The van der Waals surface area contributed by atoms with Gasteiger partial charge in [0.25, 0.3) is 0 Å². The van der Waals surface area contributed by atoms with E-state index in [9.17, 15) is 0 Å². The molecule has 14 heavy (non-hydrogen) atoms. The molecular weight excluding hydrogens is 196 g/mol. The van der Waals surface area contributed by atoms with E-state index in [1.165, 1.54) is 17.9 Å². The zero-order valence-electron chi connectivity index (χ0n) is 8.44. The lowest BCUT2D eigenvalue weighted by molar-refractivity contribution is 0.511. The van der Waals surface area contributed by atoms with Crippen molar-refractivity contribution in [1.29, 1.82) is 0 Å². The van der Waals surface area contributed by atoms with Crippen molar-refractivity contribution in [2.45, 2.75) is 13.0 Å². The molecule has 1 fully saturated rings. The smallest absolute Gasteiger partial charge is 0.146 e. The Morgan fingerprint density at radius 3 is 3.29 bits per heavy atom. The Hall–Kier alpha value is -0.550. The zero-order valence-corrected chi connectivity index (χ0v) is 9.26. The van der Waals surface area contributed by atoms with Crippen LogP contribution in [-0.2, 0) is 13.6 Å². The topological polar surface area (TPSA) is 42.7 Å². The Morgan fingerprint density at radius 1 is 1.71 bits per heavy atom. The van der Waals surface area contributed by atoms with Gasteiger partial charge in [0, 0.05) is 7.05 Å². The maximum Gasteiger partial charge on any atom is 0.146 e. The van der Waals surface area contributed by atoms with Crippen LogP contribution in [0, 0.1) is 5.92 Å². The van der Waals surface area contributed by atoms with Gasteiger partial charge in [-0.1, -0.05) is 0 Å². The monoisotopic (exact) mass is 212 g/mol. The van der Waals surface area contributed by atoms with Gasteiger partial charge in [0.2, 0.25) is 0 Å². The summed E-state index contributed by atoms with van der Waals surface area (Å²) < 4.78 is 1.95. The van der Waals surface area contributed by atoms with Crippen LogP contribution in [0.25, 0.3) is 0 Å². The van der Waals surface area contributed by atoms with E-state index in [-0.39, 0.29) is 0 Å². The van der Waals surface area contributed by atoms with Gasteiger partial charge in [-0.15, -0.1) is 10.2 Å². The lowest BCUT2D eigenvalue weighted by Crippen LogP contribution is -2.23. The molecule has 0 aliphatic carbocycles. The van der Waals surface area contributed by atoms with Crippen LogP contribution >= 0.6 is 11.8 Å². The summed E-state index contributed by atoms with van der Waals surface area (Å²) in [5.74, 6) is 4.51. The lowest BCUT2D eigenvalue weighted by atomic mass is 10.1. The van der Waals surface area contributed by atoms with Crippen LogP contribution in [0.5, 0.6) is 0 Å².